The first-order chi connectivity index (χ1) is 8.22. The molecule has 1 N–H and O–H groups in total. The quantitative estimate of drug-likeness (QED) is 0.858. The monoisotopic (exact) mass is 231 g/mol. The van der Waals surface area contributed by atoms with E-state index in [4.69, 9.17) is 4.74 Å². The van der Waals surface area contributed by atoms with Gasteiger partial charge in [-0.05, 0) is 13.0 Å². The van der Waals surface area contributed by atoms with E-state index in [-0.39, 0.29) is 0 Å². The molecule has 0 aliphatic carbocycles. The molecule has 2 aromatic heterocycles. The summed E-state index contributed by atoms with van der Waals surface area (Å²) in [5, 5.41) is 10.9. The van der Waals surface area contributed by atoms with Crippen LogP contribution in [-0.4, -0.2) is 34.3 Å². The van der Waals surface area contributed by atoms with Crippen LogP contribution in [0.5, 0.6) is 5.88 Å². The molecule has 6 heteroatoms. The van der Waals surface area contributed by atoms with E-state index in [2.05, 4.69) is 25.5 Å². The van der Waals surface area contributed by atoms with Gasteiger partial charge in [-0.3, -0.25) is 0 Å². The lowest BCUT2D eigenvalue weighted by molar-refractivity contribution is 0.392. The average Bonchev–Trinajstić information content (AvgIpc) is 2.38. The highest BCUT2D eigenvalue weighted by molar-refractivity contribution is 5.52. The number of rotatable bonds is 3. The fourth-order valence-corrected chi connectivity index (χ4v) is 1.36. The maximum absolute atomic E-state index is 4.95. The van der Waals surface area contributed by atoms with Crippen molar-refractivity contribution in [2.75, 3.05) is 19.5 Å². The van der Waals surface area contributed by atoms with Gasteiger partial charge in [0.2, 0.25) is 5.88 Å². The summed E-state index contributed by atoms with van der Waals surface area (Å²) in [4.78, 5) is 8.63. The van der Waals surface area contributed by atoms with Crippen LogP contribution in [0.1, 0.15) is 5.69 Å². The third-order valence-electron chi connectivity index (χ3n) is 2.19. The van der Waals surface area contributed by atoms with Gasteiger partial charge in [-0.25, -0.2) is 9.97 Å². The Hall–Kier alpha value is -2.24. The Balaban J connectivity index is 2.41. The molecule has 0 aliphatic rings. The van der Waals surface area contributed by atoms with Crippen molar-refractivity contribution in [3.05, 3.63) is 23.9 Å². The van der Waals surface area contributed by atoms with Gasteiger partial charge in [0.25, 0.3) is 0 Å². The number of methoxy groups -OCH3 is 1. The third kappa shape index (κ3) is 2.47. The molecule has 6 nitrogen and oxygen atoms in total. The van der Waals surface area contributed by atoms with Crippen LogP contribution in [0, 0.1) is 6.92 Å². The zero-order chi connectivity index (χ0) is 12.3. The lowest BCUT2D eigenvalue weighted by Crippen LogP contribution is -2.00. The lowest BCUT2D eigenvalue weighted by atomic mass is 10.3. The van der Waals surface area contributed by atoms with Crippen LogP contribution in [0.25, 0.3) is 11.5 Å². The molecule has 0 atom stereocenters. The van der Waals surface area contributed by atoms with Gasteiger partial charge in [0.05, 0.1) is 7.11 Å². The van der Waals surface area contributed by atoms with Crippen molar-refractivity contribution in [1.29, 1.82) is 0 Å². The molecule has 17 heavy (non-hydrogen) atoms. The van der Waals surface area contributed by atoms with E-state index in [0.717, 1.165) is 11.5 Å². The number of aryl methyl sites for hydroxylation is 1. The number of ether oxygens (including phenoxy) is 1. The summed E-state index contributed by atoms with van der Waals surface area (Å²) in [6, 6.07) is 5.37. The van der Waals surface area contributed by atoms with Crippen molar-refractivity contribution in [2.24, 2.45) is 0 Å². The molecule has 0 bridgehead atoms. The number of nitrogens with zero attached hydrogens (tertiary/aromatic N) is 4. The number of hydrogen-bond donors (Lipinski definition) is 1. The summed E-state index contributed by atoms with van der Waals surface area (Å²) in [6.45, 7) is 1.91. The summed E-state index contributed by atoms with van der Waals surface area (Å²) in [5.41, 5.74) is 1.49. The van der Waals surface area contributed by atoms with E-state index < -0.39 is 0 Å². The van der Waals surface area contributed by atoms with E-state index in [0.29, 0.717) is 17.4 Å². The topological polar surface area (TPSA) is 72.8 Å². The first-order valence-electron chi connectivity index (χ1n) is 5.14. The molecule has 0 saturated carbocycles. The molecule has 0 spiro atoms. The molecule has 0 fully saturated rings. The second-order valence-electron chi connectivity index (χ2n) is 3.43. The van der Waals surface area contributed by atoms with Gasteiger partial charge < -0.3 is 10.1 Å². The highest BCUT2D eigenvalue weighted by Gasteiger charge is 2.06. The van der Waals surface area contributed by atoms with Crippen LogP contribution >= 0.6 is 0 Å². The molecule has 2 aromatic rings. The smallest absolute Gasteiger partial charge is 0.233 e. The standard InChI is InChI=1S/C11H13N5O/c1-7-6-9(12-2)14-11(13-7)8-4-5-10(17-3)16-15-8/h4-6H,1-3H3,(H,12,13,14). The minimum absolute atomic E-state index is 0.468. The molecular weight excluding hydrogens is 218 g/mol. The van der Waals surface area contributed by atoms with E-state index >= 15 is 0 Å². The highest BCUT2D eigenvalue weighted by Crippen LogP contribution is 2.16. The van der Waals surface area contributed by atoms with E-state index in [1.807, 2.05) is 20.0 Å². The van der Waals surface area contributed by atoms with Crippen LogP contribution in [-0.2, 0) is 0 Å². The Kier molecular flexibility index (Phi) is 3.13. The van der Waals surface area contributed by atoms with E-state index in [1.54, 1.807) is 19.2 Å². The van der Waals surface area contributed by atoms with Crippen LogP contribution in [0.2, 0.25) is 0 Å². The molecule has 0 aliphatic heterocycles. The molecule has 0 aromatic carbocycles. The average molecular weight is 231 g/mol. The molecule has 0 amide bonds. The zero-order valence-corrected chi connectivity index (χ0v) is 9.93. The predicted molar refractivity (Wildman–Crippen MR) is 63.9 cm³/mol. The maximum atomic E-state index is 4.95. The molecular formula is C11H13N5O. The fourth-order valence-electron chi connectivity index (χ4n) is 1.36. The van der Waals surface area contributed by atoms with Crippen LogP contribution in [0.3, 0.4) is 0 Å². The maximum Gasteiger partial charge on any atom is 0.233 e. The normalized spacial score (nSPS) is 10.1. The van der Waals surface area contributed by atoms with Crippen LogP contribution in [0.4, 0.5) is 5.82 Å². The number of hydrogen-bond acceptors (Lipinski definition) is 6. The summed E-state index contributed by atoms with van der Waals surface area (Å²) in [6.07, 6.45) is 0. The number of aromatic nitrogens is 4. The predicted octanol–water partition coefficient (Wildman–Crippen LogP) is 1.29. The fraction of sp³-hybridized carbons (Fsp3) is 0.273. The molecule has 88 valence electrons. The minimum atomic E-state index is 0.468. The largest absolute Gasteiger partial charge is 0.480 e. The van der Waals surface area contributed by atoms with Crippen molar-refractivity contribution in [2.45, 2.75) is 6.92 Å². The van der Waals surface area contributed by atoms with Crippen LogP contribution < -0.4 is 10.1 Å². The summed E-state index contributed by atoms with van der Waals surface area (Å²) < 4.78 is 4.95. The second-order valence-corrected chi connectivity index (χ2v) is 3.43. The minimum Gasteiger partial charge on any atom is -0.480 e. The Morgan fingerprint density at radius 2 is 2.00 bits per heavy atom. The zero-order valence-electron chi connectivity index (χ0n) is 9.93. The Morgan fingerprint density at radius 3 is 2.59 bits per heavy atom. The van der Waals surface area contributed by atoms with Gasteiger partial charge in [0.15, 0.2) is 5.82 Å². The van der Waals surface area contributed by atoms with Gasteiger partial charge in [-0.15, -0.1) is 10.2 Å². The SMILES string of the molecule is CNc1cc(C)nc(-c2ccc(OC)nn2)n1. The number of nitrogens with one attached hydrogen (secondary N) is 1. The Labute approximate surface area is 99.1 Å². The summed E-state index contributed by atoms with van der Waals surface area (Å²) in [7, 11) is 3.36. The van der Waals surface area contributed by atoms with Crippen molar-refractivity contribution in [1.82, 2.24) is 20.2 Å². The van der Waals surface area contributed by atoms with Gasteiger partial charge in [0, 0.05) is 24.9 Å². The molecule has 0 saturated heterocycles. The number of anilines is 1. The third-order valence-corrected chi connectivity index (χ3v) is 2.19. The van der Waals surface area contributed by atoms with E-state index in [9.17, 15) is 0 Å². The highest BCUT2D eigenvalue weighted by atomic mass is 16.5. The van der Waals surface area contributed by atoms with Crippen molar-refractivity contribution >= 4 is 5.82 Å². The van der Waals surface area contributed by atoms with Crippen molar-refractivity contribution in [3.8, 4) is 17.4 Å². The second kappa shape index (κ2) is 4.73. The summed E-state index contributed by atoms with van der Waals surface area (Å²) in [5.74, 6) is 1.77. The van der Waals surface area contributed by atoms with Gasteiger partial charge in [-0.1, -0.05) is 0 Å². The van der Waals surface area contributed by atoms with Gasteiger partial charge >= 0.3 is 0 Å². The summed E-state index contributed by atoms with van der Waals surface area (Å²) >= 11 is 0. The first-order valence-corrected chi connectivity index (χ1v) is 5.14. The van der Waals surface area contributed by atoms with Crippen molar-refractivity contribution in [3.63, 3.8) is 0 Å². The van der Waals surface area contributed by atoms with Gasteiger partial charge in [0.1, 0.15) is 11.5 Å². The lowest BCUT2D eigenvalue weighted by Gasteiger charge is -2.04. The molecule has 0 radical (unpaired) electrons. The first kappa shape index (κ1) is 11.3. The van der Waals surface area contributed by atoms with Crippen molar-refractivity contribution < 1.29 is 4.74 Å². The van der Waals surface area contributed by atoms with Gasteiger partial charge in [-0.2, -0.15) is 0 Å². The molecule has 2 rings (SSSR count). The van der Waals surface area contributed by atoms with E-state index in [1.165, 1.54) is 0 Å². The van der Waals surface area contributed by atoms with Crippen LogP contribution in [0.15, 0.2) is 18.2 Å². The Bertz CT molecular complexity index is 512. The molecule has 0 unspecified atom stereocenters. The Morgan fingerprint density at radius 1 is 1.18 bits per heavy atom. The molecule has 2 heterocycles.